The smallest absolute Gasteiger partial charge is 0.227 e. The second-order valence-electron chi connectivity index (χ2n) is 8.05. The summed E-state index contributed by atoms with van der Waals surface area (Å²) in [5.41, 5.74) is 2.46. The second kappa shape index (κ2) is 10.7. The van der Waals surface area contributed by atoms with E-state index < -0.39 is 10.0 Å². The van der Waals surface area contributed by atoms with Crippen molar-refractivity contribution in [2.45, 2.75) is 52.0 Å². The number of hydrogen-bond donors (Lipinski definition) is 2. The van der Waals surface area contributed by atoms with Crippen LogP contribution in [0.5, 0.6) is 0 Å². The number of aromatic nitrogens is 2. The molecule has 0 unspecified atom stereocenters. The van der Waals surface area contributed by atoms with Gasteiger partial charge < -0.3 is 9.84 Å². The molecule has 8 nitrogen and oxygen atoms in total. The minimum absolute atomic E-state index is 0.124. The van der Waals surface area contributed by atoms with Gasteiger partial charge in [-0.15, -0.1) is 0 Å². The van der Waals surface area contributed by atoms with E-state index >= 15 is 0 Å². The molecule has 0 saturated carbocycles. The summed E-state index contributed by atoms with van der Waals surface area (Å²) < 4.78 is 45.7. The molecular formula is C23H27FN4O4S. The molecule has 1 aromatic heterocycles. The van der Waals surface area contributed by atoms with Crippen molar-refractivity contribution in [3.63, 3.8) is 0 Å². The highest BCUT2D eigenvalue weighted by Gasteiger charge is 2.16. The molecule has 3 rings (SSSR count). The first-order valence-electron chi connectivity index (χ1n) is 10.6. The van der Waals surface area contributed by atoms with Crippen molar-refractivity contribution in [3.05, 3.63) is 70.9 Å². The van der Waals surface area contributed by atoms with Gasteiger partial charge in [0.15, 0.2) is 0 Å². The molecule has 2 N–H and O–H groups in total. The number of halogens is 1. The first-order chi connectivity index (χ1) is 15.6. The van der Waals surface area contributed by atoms with E-state index in [4.69, 9.17) is 4.52 Å². The molecule has 3 aromatic rings. The van der Waals surface area contributed by atoms with E-state index in [2.05, 4.69) is 20.2 Å². The number of aryl methyl sites for hydroxylation is 2. The maximum absolute atomic E-state index is 13.4. The third-order valence-corrected chi connectivity index (χ3v) is 6.33. The molecule has 0 radical (unpaired) electrons. The highest BCUT2D eigenvalue weighted by atomic mass is 32.2. The number of nitrogens with zero attached hydrogens (tertiary/aromatic N) is 2. The largest absolute Gasteiger partial charge is 0.352 e. The highest BCUT2D eigenvalue weighted by Crippen LogP contribution is 2.19. The lowest BCUT2D eigenvalue weighted by Gasteiger charge is -2.13. The van der Waals surface area contributed by atoms with Gasteiger partial charge in [-0.05, 0) is 55.7 Å². The summed E-state index contributed by atoms with van der Waals surface area (Å²) in [5.74, 6) is -0.0722. The molecule has 0 fully saturated rings. The zero-order chi connectivity index (χ0) is 24.0. The van der Waals surface area contributed by atoms with E-state index in [1.54, 1.807) is 57.2 Å². The monoisotopic (exact) mass is 474 g/mol. The molecule has 0 saturated heterocycles. The lowest BCUT2D eigenvalue weighted by atomic mass is 10.1. The van der Waals surface area contributed by atoms with Crippen molar-refractivity contribution in [2.75, 3.05) is 0 Å². The number of amides is 1. The van der Waals surface area contributed by atoms with Gasteiger partial charge >= 0.3 is 0 Å². The molecule has 0 bridgehead atoms. The third-order valence-electron chi connectivity index (χ3n) is 4.81. The number of nitrogens with one attached hydrogen (secondary N) is 2. The summed E-state index contributed by atoms with van der Waals surface area (Å²) in [6.07, 6.45) is 0.368. The van der Waals surface area contributed by atoms with Crippen LogP contribution in [0, 0.1) is 12.7 Å². The molecule has 1 amide bonds. The van der Waals surface area contributed by atoms with Crippen LogP contribution in [-0.2, 0) is 33.5 Å². The maximum atomic E-state index is 13.4. The van der Waals surface area contributed by atoms with Crippen LogP contribution >= 0.6 is 0 Å². The summed E-state index contributed by atoms with van der Waals surface area (Å²) in [6.45, 7) is 5.38. The molecule has 0 atom stereocenters. The first kappa shape index (κ1) is 24.5. The van der Waals surface area contributed by atoms with Gasteiger partial charge in [0.2, 0.25) is 27.6 Å². The van der Waals surface area contributed by atoms with E-state index in [0.717, 1.165) is 5.56 Å². The standard InChI is InChI=1S/C23H27FN4O4S/c1-15(2)28-33(30,31)14-19-7-5-4-6-18(19)13-25-21(29)10-11-22-26-23(27-32-22)17-8-9-20(24)16(3)12-17/h4-9,12,15,28H,10-11,13-14H2,1-3H3,(H,25,29). The molecule has 0 aliphatic carbocycles. The lowest BCUT2D eigenvalue weighted by molar-refractivity contribution is -0.121. The van der Waals surface area contributed by atoms with Crippen molar-refractivity contribution >= 4 is 15.9 Å². The predicted octanol–water partition coefficient (Wildman–Crippen LogP) is 3.26. The van der Waals surface area contributed by atoms with Crippen LogP contribution in [-0.4, -0.2) is 30.5 Å². The van der Waals surface area contributed by atoms with Crippen molar-refractivity contribution in [1.82, 2.24) is 20.2 Å². The summed E-state index contributed by atoms with van der Waals surface area (Å²) in [6, 6.07) is 11.4. The van der Waals surface area contributed by atoms with Crippen LogP contribution in [0.2, 0.25) is 0 Å². The normalized spacial score (nSPS) is 11.7. The van der Waals surface area contributed by atoms with Crippen LogP contribution in [0.25, 0.3) is 11.4 Å². The Hall–Kier alpha value is -3.11. The molecule has 0 aliphatic heterocycles. The lowest BCUT2D eigenvalue weighted by Crippen LogP contribution is -2.32. The number of carbonyl (C=O) groups excluding carboxylic acids is 1. The quantitative estimate of drug-likeness (QED) is 0.466. The molecule has 1 heterocycles. The Balaban J connectivity index is 1.54. The Morgan fingerprint density at radius 2 is 1.88 bits per heavy atom. The summed E-state index contributed by atoms with van der Waals surface area (Å²) in [5, 5.41) is 6.69. The zero-order valence-corrected chi connectivity index (χ0v) is 19.6. The van der Waals surface area contributed by atoms with Gasteiger partial charge in [-0.1, -0.05) is 29.4 Å². The third kappa shape index (κ3) is 7.19. The van der Waals surface area contributed by atoms with Gasteiger partial charge in [0.25, 0.3) is 0 Å². The van der Waals surface area contributed by atoms with Gasteiger partial charge in [0, 0.05) is 31.0 Å². The fourth-order valence-electron chi connectivity index (χ4n) is 3.24. The molecule has 33 heavy (non-hydrogen) atoms. The van der Waals surface area contributed by atoms with Crippen molar-refractivity contribution < 1.29 is 22.1 Å². The van der Waals surface area contributed by atoms with E-state index in [1.165, 1.54) is 6.07 Å². The maximum Gasteiger partial charge on any atom is 0.227 e. The minimum atomic E-state index is -3.48. The van der Waals surface area contributed by atoms with Crippen LogP contribution in [0.15, 0.2) is 47.0 Å². The SMILES string of the molecule is Cc1cc(-c2noc(CCC(=O)NCc3ccccc3CS(=O)(=O)NC(C)C)n2)ccc1F. The number of benzene rings is 2. The number of hydrogen-bond acceptors (Lipinski definition) is 6. The Bertz CT molecular complexity index is 1220. The zero-order valence-electron chi connectivity index (χ0n) is 18.8. The van der Waals surface area contributed by atoms with Crippen LogP contribution in [0.1, 0.15) is 42.8 Å². The Morgan fingerprint density at radius 1 is 1.15 bits per heavy atom. The highest BCUT2D eigenvalue weighted by molar-refractivity contribution is 7.88. The molecular weight excluding hydrogens is 447 g/mol. The van der Waals surface area contributed by atoms with E-state index in [9.17, 15) is 17.6 Å². The fraction of sp³-hybridized carbons (Fsp3) is 0.348. The van der Waals surface area contributed by atoms with Crippen molar-refractivity contribution in [1.29, 1.82) is 0 Å². The summed E-state index contributed by atoms with van der Waals surface area (Å²) >= 11 is 0. The molecule has 176 valence electrons. The average molecular weight is 475 g/mol. The van der Waals surface area contributed by atoms with Gasteiger partial charge in [-0.3, -0.25) is 4.79 Å². The Morgan fingerprint density at radius 3 is 2.58 bits per heavy atom. The van der Waals surface area contributed by atoms with Crippen LogP contribution in [0.4, 0.5) is 4.39 Å². The number of rotatable bonds is 10. The molecule has 0 aliphatic rings. The molecule has 2 aromatic carbocycles. The van der Waals surface area contributed by atoms with Crippen LogP contribution in [0.3, 0.4) is 0 Å². The van der Waals surface area contributed by atoms with Crippen LogP contribution < -0.4 is 10.0 Å². The molecule has 10 heteroatoms. The van der Waals surface area contributed by atoms with Gasteiger partial charge in [0.1, 0.15) is 5.82 Å². The van der Waals surface area contributed by atoms with Crippen molar-refractivity contribution in [2.24, 2.45) is 0 Å². The topological polar surface area (TPSA) is 114 Å². The average Bonchev–Trinajstić information content (AvgIpc) is 3.21. The van der Waals surface area contributed by atoms with E-state index in [1.807, 2.05) is 0 Å². The van der Waals surface area contributed by atoms with Gasteiger partial charge in [0.05, 0.1) is 5.75 Å². The van der Waals surface area contributed by atoms with E-state index in [-0.39, 0.29) is 42.9 Å². The van der Waals surface area contributed by atoms with Crippen molar-refractivity contribution in [3.8, 4) is 11.4 Å². The Kier molecular flexibility index (Phi) is 7.93. The number of carbonyl (C=O) groups is 1. The number of sulfonamides is 1. The molecule has 0 spiro atoms. The first-order valence-corrected chi connectivity index (χ1v) is 12.2. The minimum Gasteiger partial charge on any atom is -0.352 e. The Labute approximate surface area is 192 Å². The van der Waals surface area contributed by atoms with Gasteiger partial charge in [-0.25, -0.2) is 17.5 Å². The van der Waals surface area contributed by atoms with Gasteiger partial charge in [-0.2, -0.15) is 4.98 Å². The summed E-state index contributed by atoms with van der Waals surface area (Å²) in [7, 11) is -3.48. The van der Waals surface area contributed by atoms with E-state index in [0.29, 0.717) is 28.4 Å². The predicted molar refractivity (Wildman–Crippen MR) is 122 cm³/mol. The fourth-order valence-corrected chi connectivity index (χ4v) is 4.73. The summed E-state index contributed by atoms with van der Waals surface area (Å²) in [4.78, 5) is 16.6. The second-order valence-corrected chi connectivity index (χ2v) is 9.81.